The van der Waals surface area contributed by atoms with Gasteiger partial charge in [0.25, 0.3) is 5.91 Å². The number of ether oxygens (including phenoxy) is 1. The second-order valence-electron chi connectivity index (χ2n) is 6.99. The van der Waals surface area contributed by atoms with Gasteiger partial charge in [0.2, 0.25) is 0 Å². The second-order valence-corrected chi connectivity index (χ2v) is 6.99. The van der Waals surface area contributed by atoms with Crippen molar-refractivity contribution >= 4 is 16.9 Å². The van der Waals surface area contributed by atoms with Crippen LogP contribution in [0.2, 0.25) is 0 Å². The van der Waals surface area contributed by atoms with E-state index in [-0.39, 0.29) is 18.1 Å². The van der Waals surface area contributed by atoms with Crippen molar-refractivity contribution in [2.45, 2.75) is 38.8 Å². The molecule has 0 radical (unpaired) electrons. The molecule has 1 aromatic heterocycles. The number of aromatic nitrogens is 2. The summed E-state index contributed by atoms with van der Waals surface area (Å²) in [6.45, 7) is 4.73. The van der Waals surface area contributed by atoms with Crippen molar-refractivity contribution in [1.82, 2.24) is 14.9 Å². The zero-order valence-electron chi connectivity index (χ0n) is 15.1. The number of likely N-dealkylation sites (tertiary alicyclic amines) is 1. The first kappa shape index (κ1) is 16.6. The Kier molecular flexibility index (Phi) is 4.37. The minimum atomic E-state index is 0.00138. The fourth-order valence-corrected chi connectivity index (χ4v) is 3.54. The van der Waals surface area contributed by atoms with Crippen molar-refractivity contribution in [3.8, 4) is 5.75 Å². The molecule has 26 heavy (non-hydrogen) atoms. The minimum Gasteiger partial charge on any atom is -0.491 e. The third-order valence-corrected chi connectivity index (χ3v) is 4.71. The van der Waals surface area contributed by atoms with Crippen molar-refractivity contribution < 1.29 is 9.53 Å². The van der Waals surface area contributed by atoms with Crippen LogP contribution in [0.1, 0.15) is 48.9 Å². The Morgan fingerprint density at radius 1 is 1.19 bits per heavy atom. The van der Waals surface area contributed by atoms with Gasteiger partial charge in [0.15, 0.2) is 0 Å². The van der Waals surface area contributed by atoms with Crippen LogP contribution in [0, 0.1) is 0 Å². The first-order chi connectivity index (χ1) is 12.6. The number of para-hydroxylation sites is 2. The molecule has 1 N–H and O–H groups in total. The normalized spacial score (nSPS) is 17.2. The van der Waals surface area contributed by atoms with E-state index in [0.29, 0.717) is 5.56 Å². The number of hydrogen-bond donors (Lipinski definition) is 1. The number of nitrogens with one attached hydrogen (secondary N) is 1. The monoisotopic (exact) mass is 349 g/mol. The number of imidazole rings is 1. The molecular weight excluding hydrogens is 326 g/mol. The van der Waals surface area contributed by atoms with Crippen molar-refractivity contribution in [1.29, 1.82) is 0 Å². The Morgan fingerprint density at radius 2 is 1.96 bits per heavy atom. The lowest BCUT2D eigenvalue weighted by Crippen LogP contribution is -2.31. The summed E-state index contributed by atoms with van der Waals surface area (Å²) in [4.78, 5) is 23.0. The number of H-pyrrole nitrogens is 1. The number of carbonyl (C=O) groups is 1. The number of fused-ring (bicyclic) bond motifs is 1. The lowest BCUT2D eigenvalue weighted by Gasteiger charge is -2.23. The second kappa shape index (κ2) is 6.83. The van der Waals surface area contributed by atoms with Crippen LogP contribution in [0.5, 0.6) is 5.75 Å². The highest BCUT2D eigenvalue weighted by molar-refractivity contribution is 5.94. The number of hydrogen-bond acceptors (Lipinski definition) is 3. The van der Waals surface area contributed by atoms with Gasteiger partial charge in [-0.3, -0.25) is 4.79 Å². The maximum absolute atomic E-state index is 13.0. The molecule has 2 heterocycles. The van der Waals surface area contributed by atoms with Crippen LogP contribution < -0.4 is 4.74 Å². The first-order valence-corrected chi connectivity index (χ1v) is 9.14. The molecule has 0 unspecified atom stereocenters. The summed E-state index contributed by atoms with van der Waals surface area (Å²) >= 11 is 0. The molecule has 1 saturated heterocycles. The van der Waals surface area contributed by atoms with Crippen LogP contribution in [0.3, 0.4) is 0 Å². The van der Waals surface area contributed by atoms with Gasteiger partial charge in [-0.25, -0.2) is 4.98 Å². The lowest BCUT2D eigenvalue weighted by molar-refractivity contribution is 0.0730. The van der Waals surface area contributed by atoms with E-state index >= 15 is 0 Å². The molecule has 0 bridgehead atoms. The van der Waals surface area contributed by atoms with Crippen molar-refractivity contribution in [3.05, 3.63) is 59.9 Å². The van der Waals surface area contributed by atoms with Gasteiger partial charge in [-0.1, -0.05) is 12.1 Å². The van der Waals surface area contributed by atoms with E-state index in [1.807, 2.05) is 67.3 Å². The largest absolute Gasteiger partial charge is 0.491 e. The lowest BCUT2D eigenvalue weighted by atomic mass is 10.1. The summed E-state index contributed by atoms with van der Waals surface area (Å²) in [6.07, 6.45) is 2.04. The topological polar surface area (TPSA) is 58.2 Å². The molecule has 1 amide bonds. The summed E-state index contributed by atoms with van der Waals surface area (Å²) in [5, 5.41) is 0. The zero-order chi connectivity index (χ0) is 18.1. The van der Waals surface area contributed by atoms with E-state index in [4.69, 9.17) is 9.72 Å². The van der Waals surface area contributed by atoms with Gasteiger partial charge in [0.05, 0.1) is 23.2 Å². The van der Waals surface area contributed by atoms with Crippen LogP contribution in [-0.2, 0) is 0 Å². The summed E-state index contributed by atoms with van der Waals surface area (Å²) in [6, 6.07) is 15.4. The number of aromatic amines is 1. The van der Waals surface area contributed by atoms with Gasteiger partial charge in [-0.15, -0.1) is 0 Å². The molecule has 0 spiro atoms. The molecule has 1 aliphatic rings. The molecule has 1 fully saturated rings. The van der Waals surface area contributed by atoms with Crippen molar-refractivity contribution in [2.24, 2.45) is 0 Å². The summed E-state index contributed by atoms with van der Waals surface area (Å²) in [5.74, 6) is 1.70. The molecule has 5 heteroatoms. The summed E-state index contributed by atoms with van der Waals surface area (Å²) < 4.78 is 5.66. The molecule has 3 aromatic rings. The summed E-state index contributed by atoms with van der Waals surface area (Å²) in [7, 11) is 0. The van der Waals surface area contributed by atoms with Gasteiger partial charge in [0, 0.05) is 12.1 Å². The first-order valence-electron chi connectivity index (χ1n) is 9.14. The molecule has 5 nitrogen and oxygen atoms in total. The van der Waals surface area contributed by atoms with Gasteiger partial charge in [0.1, 0.15) is 11.6 Å². The van der Waals surface area contributed by atoms with E-state index in [0.717, 1.165) is 42.0 Å². The van der Waals surface area contributed by atoms with Crippen LogP contribution >= 0.6 is 0 Å². The van der Waals surface area contributed by atoms with Gasteiger partial charge in [-0.05, 0) is 63.1 Å². The molecule has 1 aliphatic heterocycles. The highest BCUT2D eigenvalue weighted by Gasteiger charge is 2.32. The standard InChI is InChI=1S/C21H23N3O2/c1-14(2)26-16-11-9-15(10-12-16)21(25)24-13-5-8-19(24)20-22-17-6-3-4-7-18(17)23-20/h3-4,6-7,9-12,14,19H,5,8,13H2,1-2H3,(H,22,23)/t19-/m1/s1. The Balaban J connectivity index is 1.56. The van der Waals surface area contributed by atoms with Crippen molar-refractivity contribution in [3.63, 3.8) is 0 Å². The molecule has 2 aromatic carbocycles. The molecule has 4 rings (SSSR count). The Labute approximate surface area is 153 Å². The predicted molar refractivity (Wildman–Crippen MR) is 101 cm³/mol. The van der Waals surface area contributed by atoms with Gasteiger partial charge < -0.3 is 14.6 Å². The third kappa shape index (κ3) is 3.17. The Hall–Kier alpha value is -2.82. The Morgan fingerprint density at radius 3 is 2.69 bits per heavy atom. The quantitative estimate of drug-likeness (QED) is 0.763. The van der Waals surface area contributed by atoms with E-state index in [2.05, 4.69) is 4.98 Å². The number of carbonyl (C=O) groups excluding carboxylic acids is 1. The van der Waals surface area contributed by atoms with E-state index < -0.39 is 0 Å². The summed E-state index contributed by atoms with van der Waals surface area (Å²) in [5.41, 5.74) is 2.64. The van der Waals surface area contributed by atoms with E-state index in [1.165, 1.54) is 0 Å². The van der Waals surface area contributed by atoms with Crippen LogP contribution in [0.25, 0.3) is 11.0 Å². The highest BCUT2D eigenvalue weighted by atomic mass is 16.5. The van der Waals surface area contributed by atoms with Crippen molar-refractivity contribution in [2.75, 3.05) is 6.54 Å². The van der Waals surface area contributed by atoms with Crippen LogP contribution in [0.4, 0.5) is 0 Å². The smallest absolute Gasteiger partial charge is 0.254 e. The maximum atomic E-state index is 13.0. The fourth-order valence-electron chi connectivity index (χ4n) is 3.54. The van der Waals surface area contributed by atoms with Gasteiger partial charge in [-0.2, -0.15) is 0 Å². The zero-order valence-corrected chi connectivity index (χ0v) is 15.1. The minimum absolute atomic E-state index is 0.00138. The fraction of sp³-hybridized carbons (Fsp3) is 0.333. The van der Waals surface area contributed by atoms with Crippen LogP contribution in [-0.4, -0.2) is 33.4 Å². The van der Waals surface area contributed by atoms with E-state index in [9.17, 15) is 4.79 Å². The molecule has 1 atom stereocenters. The average Bonchev–Trinajstić information content (AvgIpc) is 3.27. The molecule has 0 saturated carbocycles. The number of nitrogens with zero attached hydrogens (tertiary/aromatic N) is 2. The SMILES string of the molecule is CC(C)Oc1ccc(C(=O)N2CCC[C@@H]2c2nc3ccccc3[nH]2)cc1. The molecule has 134 valence electrons. The van der Waals surface area contributed by atoms with E-state index in [1.54, 1.807) is 0 Å². The molecule has 0 aliphatic carbocycles. The van der Waals surface area contributed by atoms with Gasteiger partial charge >= 0.3 is 0 Å². The third-order valence-electron chi connectivity index (χ3n) is 4.71. The average molecular weight is 349 g/mol. The molecular formula is C21H23N3O2. The predicted octanol–water partition coefficient (Wildman–Crippen LogP) is 4.33. The van der Waals surface area contributed by atoms with Crippen LogP contribution in [0.15, 0.2) is 48.5 Å². The number of rotatable bonds is 4. The maximum Gasteiger partial charge on any atom is 0.254 e. The number of amides is 1. The number of benzene rings is 2. The Bertz CT molecular complexity index is 881. The highest BCUT2D eigenvalue weighted by Crippen LogP contribution is 2.32.